The quantitative estimate of drug-likeness (QED) is 0.845. The lowest BCUT2D eigenvalue weighted by Crippen LogP contribution is -2.18. The van der Waals surface area contributed by atoms with Gasteiger partial charge in [0.2, 0.25) is 0 Å². The van der Waals surface area contributed by atoms with Crippen LogP contribution in [0.15, 0.2) is 16.6 Å². The molecule has 1 nitrogen and oxygen atoms in total. The Hall–Kier alpha value is -0.480. The van der Waals surface area contributed by atoms with Gasteiger partial charge in [-0.15, -0.1) is 0 Å². The summed E-state index contributed by atoms with van der Waals surface area (Å²) in [5.74, 6) is -1.06. The number of aliphatic hydroxyl groups is 1. The first-order valence-electron chi connectivity index (χ1n) is 5.63. The van der Waals surface area contributed by atoms with Crippen molar-refractivity contribution in [1.29, 1.82) is 0 Å². The van der Waals surface area contributed by atoms with Gasteiger partial charge in [0.05, 0.1) is 10.6 Å². The van der Waals surface area contributed by atoms with Gasteiger partial charge in [0.15, 0.2) is 0 Å². The van der Waals surface area contributed by atoms with Gasteiger partial charge in [-0.1, -0.05) is 13.8 Å². The van der Waals surface area contributed by atoms with Crippen LogP contribution in [0, 0.1) is 23.0 Å². The van der Waals surface area contributed by atoms with Gasteiger partial charge in [-0.05, 0) is 45.8 Å². The molecule has 1 fully saturated rings. The molecule has 2 atom stereocenters. The molecular formula is C13H15BrF2O. The van der Waals surface area contributed by atoms with Crippen LogP contribution in [0.4, 0.5) is 8.78 Å². The largest absolute Gasteiger partial charge is 0.392 e. The average molecular weight is 305 g/mol. The lowest BCUT2D eigenvalue weighted by molar-refractivity contribution is 0.134. The van der Waals surface area contributed by atoms with Crippen molar-refractivity contribution in [3.8, 4) is 0 Å². The molecule has 1 aliphatic rings. The summed E-state index contributed by atoms with van der Waals surface area (Å²) < 4.78 is 27.4. The van der Waals surface area contributed by atoms with E-state index >= 15 is 0 Å². The maximum atomic E-state index is 13.7. The normalized spacial score (nSPS) is 23.5. The van der Waals surface area contributed by atoms with Gasteiger partial charge in [-0.25, -0.2) is 8.78 Å². The Labute approximate surface area is 108 Å². The second kappa shape index (κ2) is 4.32. The first kappa shape index (κ1) is 13.0. The molecule has 0 heterocycles. The molecule has 0 spiro atoms. The van der Waals surface area contributed by atoms with E-state index in [0.717, 1.165) is 6.42 Å². The highest BCUT2D eigenvalue weighted by Crippen LogP contribution is 2.54. The Balaban J connectivity index is 2.16. The van der Waals surface area contributed by atoms with Crippen LogP contribution in [0.25, 0.3) is 0 Å². The van der Waals surface area contributed by atoms with Crippen molar-refractivity contribution < 1.29 is 13.9 Å². The Kier molecular flexibility index (Phi) is 3.29. The summed E-state index contributed by atoms with van der Waals surface area (Å²) in [7, 11) is 0. The highest BCUT2D eigenvalue weighted by molar-refractivity contribution is 9.10. The van der Waals surface area contributed by atoms with E-state index in [9.17, 15) is 13.9 Å². The molecule has 0 saturated heterocycles. The van der Waals surface area contributed by atoms with Crippen molar-refractivity contribution in [2.75, 3.05) is 0 Å². The number of benzene rings is 1. The molecule has 0 radical (unpaired) electrons. The summed E-state index contributed by atoms with van der Waals surface area (Å²) in [6, 6.07) is 2.55. The number of hydrogen-bond donors (Lipinski definition) is 1. The zero-order valence-corrected chi connectivity index (χ0v) is 11.4. The van der Waals surface area contributed by atoms with Gasteiger partial charge in [-0.2, -0.15) is 0 Å². The molecule has 1 aromatic carbocycles. The minimum absolute atomic E-state index is 0.0328. The second-order valence-corrected chi connectivity index (χ2v) is 6.25. The van der Waals surface area contributed by atoms with Gasteiger partial charge >= 0.3 is 0 Å². The van der Waals surface area contributed by atoms with Crippen molar-refractivity contribution in [2.24, 2.45) is 11.3 Å². The molecule has 0 aliphatic heterocycles. The summed E-state index contributed by atoms with van der Waals surface area (Å²) in [6.07, 6.45) is 0.264. The second-order valence-electron chi connectivity index (χ2n) is 5.39. The predicted molar refractivity (Wildman–Crippen MR) is 65.7 cm³/mol. The van der Waals surface area contributed by atoms with Crippen LogP contribution in [0.1, 0.15) is 25.8 Å². The molecular weight excluding hydrogens is 290 g/mol. The standard InChI is InChI=1S/C13H15BrF2O/c1-13(2)6-8(13)11(17)5-7-10(15)4-3-9(14)12(7)16/h3-4,8,11,17H,5-6H2,1-2H3. The number of hydrogen-bond acceptors (Lipinski definition) is 1. The van der Waals surface area contributed by atoms with Gasteiger partial charge in [-0.3, -0.25) is 0 Å². The van der Waals surface area contributed by atoms with Crippen LogP contribution in [-0.2, 0) is 6.42 Å². The first-order valence-corrected chi connectivity index (χ1v) is 6.42. The fraction of sp³-hybridized carbons (Fsp3) is 0.538. The minimum atomic E-state index is -0.678. The van der Waals surface area contributed by atoms with E-state index in [2.05, 4.69) is 29.8 Å². The molecule has 2 rings (SSSR count). The van der Waals surface area contributed by atoms with Crippen LogP contribution in [0.5, 0.6) is 0 Å². The smallest absolute Gasteiger partial charge is 0.143 e. The van der Waals surface area contributed by atoms with Gasteiger partial charge < -0.3 is 5.11 Å². The van der Waals surface area contributed by atoms with Crippen LogP contribution in [0.2, 0.25) is 0 Å². The SMILES string of the molecule is CC1(C)CC1C(O)Cc1c(F)ccc(Br)c1F. The third-order valence-corrected chi connectivity index (χ3v) is 4.22. The third kappa shape index (κ3) is 2.52. The van der Waals surface area contributed by atoms with E-state index in [0.29, 0.717) is 0 Å². The maximum absolute atomic E-state index is 13.7. The summed E-state index contributed by atoms with van der Waals surface area (Å²) in [5, 5.41) is 9.97. The molecule has 94 valence electrons. The van der Waals surface area contributed by atoms with E-state index in [1.165, 1.54) is 12.1 Å². The molecule has 0 aromatic heterocycles. The van der Waals surface area contributed by atoms with Crippen LogP contribution >= 0.6 is 15.9 Å². The van der Waals surface area contributed by atoms with Crippen molar-refractivity contribution in [3.63, 3.8) is 0 Å². The number of aliphatic hydroxyl groups excluding tert-OH is 1. The van der Waals surface area contributed by atoms with Crippen LogP contribution in [0.3, 0.4) is 0 Å². The number of rotatable bonds is 3. The first-order chi connectivity index (χ1) is 7.83. The lowest BCUT2D eigenvalue weighted by Gasteiger charge is -2.14. The molecule has 2 unspecified atom stereocenters. The van der Waals surface area contributed by atoms with Crippen molar-refractivity contribution in [3.05, 3.63) is 33.8 Å². The zero-order valence-electron chi connectivity index (χ0n) is 9.80. The van der Waals surface area contributed by atoms with E-state index in [1.807, 2.05) is 0 Å². The molecule has 0 bridgehead atoms. The van der Waals surface area contributed by atoms with E-state index in [-0.39, 0.29) is 27.8 Å². The predicted octanol–water partition coefficient (Wildman–Crippen LogP) is 3.68. The molecule has 1 aromatic rings. The summed E-state index contributed by atoms with van der Waals surface area (Å²) >= 11 is 3.02. The molecule has 0 amide bonds. The highest BCUT2D eigenvalue weighted by Gasteiger charge is 2.49. The lowest BCUT2D eigenvalue weighted by atomic mass is 9.99. The molecule has 1 saturated carbocycles. The monoisotopic (exact) mass is 304 g/mol. The fourth-order valence-electron chi connectivity index (χ4n) is 2.27. The Morgan fingerprint density at radius 1 is 1.47 bits per heavy atom. The summed E-state index contributed by atoms with van der Waals surface area (Å²) in [5.41, 5.74) is 0.0628. The van der Waals surface area contributed by atoms with Crippen LogP contribution < -0.4 is 0 Å². The summed E-state index contributed by atoms with van der Waals surface area (Å²) in [6.45, 7) is 4.10. The third-order valence-electron chi connectivity index (χ3n) is 3.61. The Morgan fingerprint density at radius 3 is 2.59 bits per heavy atom. The van der Waals surface area contributed by atoms with Crippen molar-refractivity contribution in [1.82, 2.24) is 0 Å². The van der Waals surface area contributed by atoms with E-state index in [1.54, 1.807) is 0 Å². The van der Waals surface area contributed by atoms with Gasteiger partial charge in [0.1, 0.15) is 11.6 Å². The summed E-state index contributed by atoms with van der Waals surface area (Å²) in [4.78, 5) is 0. The number of halogens is 3. The Bertz CT molecular complexity index is 445. The fourth-order valence-corrected chi connectivity index (χ4v) is 2.64. The minimum Gasteiger partial charge on any atom is -0.392 e. The Morgan fingerprint density at radius 2 is 2.06 bits per heavy atom. The highest BCUT2D eigenvalue weighted by atomic mass is 79.9. The van der Waals surface area contributed by atoms with Gasteiger partial charge in [0.25, 0.3) is 0 Å². The molecule has 4 heteroatoms. The maximum Gasteiger partial charge on any atom is 0.143 e. The molecule has 1 N–H and O–H groups in total. The van der Waals surface area contributed by atoms with E-state index in [4.69, 9.17) is 0 Å². The average Bonchev–Trinajstić information content (AvgIpc) is 2.88. The van der Waals surface area contributed by atoms with Crippen molar-refractivity contribution in [2.45, 2.75) is 32.8 Å². The topological polar surface area (TPSA) is 20.2 Å². The van der Waals surface area contributed by atoms with Crippen LogP contribution in [-0.4, -0.2) is 11.2 Å². The van der Waals surface area contributed by atoms with Gasteiger partial charge in [0, 0.05) is 12.0 Å². The van der Waals surface area contributed by atoms with Crippen molar-refractivity contribution >= 4 is 15.9 Å². The molecule has 17 heavy (non-hydrogen) atoms. The zero-order chi connectivity index (χ0) is 12.8. The van der Waals surface area contributed by atoms with E-state index < -0.39 is 17.7 Å². The molecule has 1 aliphatic carbocycles.